The molecule has 0 spiro atoms. The maximum atomic E-state index is 12.8. The fourth-order valence-corrected chi connectivity index (χ4v) is 3.20. The molecular formula is C18H14Cl2N2O2S. The van der Waals surface area contributed by atoms with Gasteiger partial charge in [-0.2, -0.15) is 0 Å². The van der Waals surface area contributed by atoms with Crippen LogP contribution in [-0.4, -0.2) is 17.6 Å². The van der Waals surface area contributed by atoms with E-state index >= 15 is 0 Å². The Morgan fingerprint density at radius 1 is 1.24 bits per heavy atom. The summed E-state index contributed by atoms with van der Waals surface area (Å²) in [6.07, 6.45) is 1.65. The van der Waals surface area contributed by atoms with Crippen molar-refractivity contribution in [2.24, 2.45) is 0 Å². The SMILES string of the molecule is CCOc1ccccc1N1C(=O)/C(=C\c2ccc(Cl)cc2Cl)NC1=S. The standard InChI is InChI=1S/C18H14Cl2N2O2S/c1-2-24-16-6-4-3-5-15(16)22-17(23)14(21-18(22)25)9-11-7-8-12(19)10-13(11)20/h3-10H,2H2,1H3,(H,21,25)/b14-9+. The number of nitrogens with one attached hydrogen (secondary N) is 1. The lowest BCUT2D eigenvalue weighted by molar-refractivity contribution is -0.113. The molecular weight excluding hydrogens is 379 g/mol. The molecule has 1 heterocycles. The van der Waals surface area contributed by atoms with Crippen molar-refractivity contribution in [1.29, 1.82) is 0 Å². The van der Waals surface area contributed by atoms with Gasteiger partial charge in [0.15, 0.2) is 5.11 Å². The number of amides is 1. The number of rotatable bonds is 4. The van der Waals surface area contributed by atoms with Crippen LogP contribution in [0.2, 0.25) is 10.0 Å². The van der Waals surface area contributed by atoms with Crippen LogP contribution in [0, 0.1) is 0 Å². The summed E-state index contributed by atoms with van der Waals surface area (Å²) in [5.74, 6) is 0.316. The number of anilines is 1. The van der Waals surface area contributed by atoms with Gasteiger partial charge in [-0.05, 0) is 55.0 Å². The highest BCUT2D eigenvalue weighted by Gasteiger charge is 2.33. The molecule has 0 radical (unpaired) electrons. The van der Waals surface area contributed by atoms with E-state index in [1.165, 1.54) is 4.90 Å². The zero-order valence-electron chi connectivity index (χ0n) is 13.3. The number of carbonyl (C=O) groups excluding carboxylic acids is 1. The van der Waals surface area contributed by atoms with E-state index in [2.05, 4.69) is 5.32 Å². The van der Waals surface area contributed by atoms with E-state index in [9.17, 15) is 4.79 Å². The minimum Gasteiger partial charge on any atom is -0.492 e. The fourth-order valence-electron chi connectivity index (χ4n) is 2.45. The van der Waals surface area contributed by atoms with Crippen LogP contribution in [0.25, 0.3) is 6.08 Å². The highest BCUT2D eigenvalue weighted by atomic mass is 35.5. The molecule has 128 valence electrons. The number of carbonyl (C=O) groups is 1. The largest absolute Gasteiger partial charge is 0.492 e. The lowest BCUT2D eigenvalue weighted by Crippen LogP contribution is -2.30. The van der Waals surface area contributed by atoms with Gasteiger partial charge in [0, 0.05) is 10.0 Å². The molecule has 25 heavy (non-hydrogen) atoms. The number of hydrogen-bond donors (Lipinski definition) is 1. The number of thiocarbonyl (C=S) groups is 1. The lowest BCUT2D eigenvalue weighted by atomic mass is 10.2. The number of ether oxygens (including phenoxy) is 1. The van der Waals surface area contributed by atoms with Crippen LogP contribution < -0.4 is 15.0 Å². The van der Waals surface area contributed by atoms with Crippen LogP contribution in [0.4, 0.5) is 5.69 Å². The molecule has 2 aromatic rings. The monoisotopic (exact) mass is 392 g/mol. The van der Waals surface area contributed by atoms with Crippen LogP contribution in [0.1, 0.15) is 12.5 Å². The molecule has 3 rings (SSSR count). The van der Waals surface area contributed by atoms with E-state index in [4.69, 9.17) is 40.2 Å². The van der Waals surface area contributed by atoms with Crippen molar-refractivity contribution in [3.05, 3.63) is 63.8 Å². The summed E-state index contributed by atoms with van der Waals surface area (Å²) in [4.78, 5) is 14.3. The van der Waals surface area contributed by atoms with E-state index in [1.54, 1.807) is 36.4 Å². The Kier molecular flexibility index (Phi) is 5.27. The third kappa shape index (κ3) is 3.63. The Balaban J connectivity index is 1.97. The van der Waals surface area contributed by atoms with Gasteiger partial charge in [0.25, 0.3) is 5.91 Å². The predicted molar refractivity (Wildman–Crippen MR) is 105 cm³/mol. The van der Waals surface area contributed by atoms with Gasteiger partial charge >= 0.3 is 0 Å². The van der Waals surface area contributed by atoms with Crippen molar-refractivity contribution in [2.75, 3.05) is 11.5 Å². The van der Waals surface area contributed by atoms with Crippen molar-refractivity contribution < 1.29 is 9.53 Å². The van der Waals surface area contributed by atoms with E-state index in [0.29, 0.717) is 39.3 Å². The first kappa shape index (κ1) is 17.7. The quantitative estimate of drug-likeness (QED) is 0.606. The highest BCUT2D eigenvalue weighted by molar-refractivity contribution is 7.80. The van der Waals surface area contributed by atoms with Gasteiger partial charge in [-0.15, -0.1) is 0 Å². The van der Waals surface area contributed by atoms with Gasteiger partial charge < -0.3 is 10.1 Å². The Hall–Kier alpha value is -2.08. The van der Waals surface area contributed by atoms with E-state index < -0.39 is 0 Å². The number of nitrogens with zero attached hydrogens (tertiary/aromatic N) is 1. The van der Waals surface area contributed by atoms with E-state index in [-0.39, 0.29) is 11.0 Å². The summed E-state index contributed by atoms with van der Waals surface area (Å²) in [7, 11) is 0. The zero-order valence-corrected chi connectivity index (χ0v) is 15.6. The maximum Gasteiger partial charge on any atom is 0.281 e. The molecule has 4 nitrogen and oxygen atoms in total. The van der Waals surface area contributed by atoms with Gasteiger partial charge in [-0.25, -0.2) is 4.90 Å². The number of halogens is 2. The molecule has 0 atom stereocenters. The molecule has 0 saturated carbocycles. The third-order valence-corrected chi connectivity index (χ3v) is 4.39. The maximum absolute atomic E-state index is 12.8. The molecule has 2 aromatic carbocycles. The van der Waals surface area contributed by atoms with Crippen molar-refractivity contribution in [2.45, 2.75) is 6.92 Å². The highest BCUT2D eigenvalue weighted by Crippen LogP contribution is 2.32. The molecule has 1 N–H and O–H groups in total. The Labute approximate surface area is 161 Å². The molecule has 1 fully saturated rings. The smallest absolute Gasteiger partial charge is 0.281 e. The summed E-state index contributed by atoms with van der Waals surface area (Å²) < 4.78 is 5.60. The van der Waals surface area contributed by atoms with Gasteiger partial charge in [0.1, 0.15) is 11.4 Å². The van der Waals surface area contributed by atoms with E-state index in [1.807, 2.05) is 19.1 Å². The number of para-hydroxylation sites is 2. The van der Waals surface area contributed by atoms with Gasteiger partial charge in [0.05, 0.1) is 12.3 Å². The van der Waals surface area contributed by atoms with Crippen LogP contribution >= 0.6 is 35.4 Å². The normalized spacial score (nSPS) is 15.6. The summed E-state index contributed by atoms with van der Waals surface area (Å²) in [6.45, 7) is 2.37. The molecule has 1 saturated heterocycles. The van der Waals surface area contributed by atoms with Crippen molar-refractivity contribution >= 4 is 58.2 Å². The van der Waals surface area contributed by atoms with Crippen LogP contribution in [0.5, 0.6) is 5.75 Å². The van der Waals surface area contributed by atoms with Crippen LogP contribution in [0.15, 0.2) is 48.2 Å². The first-order valence-corrected chi connectivity index (χ1v) is 8.71. The Morgan fingerprint density at radius 2 is 2.00 bits per heavy atom. The Bertz CT molecular complexity index is 883. The molecule has 1 aliphatic heterocycles. The third-order valence-electron chi connectivity index (χ3n) is 3.55. The number of benzene rings is 2. The van der Waals surface area contributed by atoms with Gasteiger partial charge in [0.2, 0.25) is 0 Å². The molecule has 1 amide bonds. The van der Waals surface area contributed by atoms with Gasteiger partial charge in [-0.3, -0.25) is 4.79 Å². The second-order valence-electron chi connectivity index (χ2n) is 5.20. The summed E-state index contributed by atoms with van der Waals surface area (Å²) in [5, 5.41) is 4.20. The molecule has 7 heteroatoms. The zero-order chi connectivity index (χ0) is 18.0. The molecule has 0 aliphatic carbocycles. The molecule has 0 unspecified atom stereocenters. The predicted octanol–water partition coefficient (Wildman–Crippen LogP) is 4.65. The van der Waals surface area contributed by atoms with Gasteiger partial charge in [-0.1, -0.05) is 41.4 Å². The first-order valence-electron chi connectivity index (χ1n) is 7.55. The molecule has 1 aliphatic rings. The van der Waals surface area contributed by atoms with Crippen molar-refractivity contribution in [3.8, 4) is 5.75 Å². The summed E-state index contributed by atoms with van der Waals surface area (Å²) in [5.41, 5.74) is 1.60. The topological polar surface area (TPSA) is 41.6 Å². The second-order valence-corrected chi connectivity index (χ2v) is 6.43. The molecule has 0 aromatic heterocycles. The van der Waals surface area contributed by atoms with E-state index in [0.717, 1.165) is 0 Å². The summed E-state index contributed by atoms with van der Waals surface area (Å²) >= 11 is 17.4. The molecule has 0 bridgehead atoms. The summed E-state index contributed by atoms with van der Waals surface area (Å²) in [6, 6.07) is 12.3. The average molecular weight is 393 g/mol. The second kappa shape index (κ2) is 7.44. The van der Waals surface area contributed by atoms with Crippen LogP contribution in [-0.2, 0) is 4.79 Å². The average Bonchev–Trinajstić information content (AvgIpc) is 2.85. The minimum absolute atomic E-state index is 0.275. The fraction of sp³-hybridized carbons (Fsp3) is 0.111. The Morgan fingerprint density at radius 3 is 2.72 bits per heavy atom. The first-order chi connectivity index (χ1) is 12.0. The number of hydrogen-bond acceptors (Lipinski definition) is 3. The minimum atomic E-state index is -0.275. The van der Waals surface area contributed by atoms with Crippen molar-refractivity contribution in [3.63, 3.8) is 0 Å². The van der Waals surface area contributed by atoms with Crippen molar-refractivity contribution in [1.82, 2.24) is 5.32 Å². The lowest BCUT2D eigenvalue weighted by Gasteiger charge is -2.17. The van der Waals surface area contributed by atoms with Crippen LogP contribution in [0.3, 0.4) is 0 Å².